The number of aromatic nitrogens is 3. The maximum atomic E-state index is 12.2. The third-order valence-electron chi connectivity index (χ3n) is 4.70. The number of benzene rings is 2. The van der Waals surface area contributed by atoms with Gasteiger partial charge in [0.1, 0.15) is 11.6 Å². The smallest absolute Gasteiger partial charge is 0.323 e. The number of hydrogen-bond acceptors (Lipinski definition) is 5. The molecule has 7 heteroatoms. The molecule has 0 aliphatic rings. The van der Waals surface area contributed by atoms with Gasteiger partial charge in [-0.05, 0) is 61.5 Å². The van der Waals surface area contributed by atoms with Gasteiger partial charge in [-0.2, -0.15) is 0 Å². The third kappa shape index (κ3) is 5.26. The zero-order chi connectivity index (χ0) is 22.3. The van der Waals surface area contributed by atoms with Crippen molar-refractivity contribution < 1.29 is 9.53 Å². The van der Waals surface area contributed by atoms with E-state index in [1.165, 1.54) is 0 Å². The molecular weight excluding hydrogens is 402 g/mol. The summed E-state index contributed by atoms with van der Waals surface area (Å²) in [7, 11) is 0. The van der Waals surface area contributed by atoms with Crippen LogP contribution in [0.3, 0.4) is 0 Å². The van der Waals surface area contributed by atoms with Crippen LogP contribution in [-0.2, 0) is 6.42 Å². The summed E-state index contributed by atoms with van der Waals surface area (Å²) in [4.78, 5) is 25.4. The van der Waals surface area contributed by atoms with E-state index in [0.29, 0.717) is 17.3 Å². The van der Waals surface area contributed by atoms with Crippen molar-refractivity contribution in [3.05, 3.63) is 90.5 Å². The predicted molar refractivity (Wildman–Crippen MR) is 125 cm³/mol. The van der Waals surface area contributed by atoms with E-state index < -0.39 is 0 Å². The van der Waals surface area contributed by atoms with Crippen molar-refractivity contribution in [1.82, 2.24) is 15.0 Å². The predicted octanol–water partition coefficient (Wildman–Crippen LogP) is 5.85. The fraction of sp³-hybridized carbons (Fsp3) is 0.120. The minimum atomic E-state index is -0.315. The van der Waals surface area contributed by atoms with Gasteiger partial charge >= 0.3 is 6.03 Å². The number of hydrogen-bond donors (Lipinski definition) is 2. The lowest BCUT2D eigenvalue weighted by molar-refractivity contribution is 0.262. The number of amides is 2. The molecule has 0 bridgehead atoms. The molecule has 0 atom stereocenters. The summed E-state index contributed by atoms with van der Waals surface area (Å²) in [6.07, 6.45) is 4.16. The highest BCUT2D eigenvalue weighted by molar-refractivity contribution is 5.99. The van der Waals surface area contributed by atoms with Crippen molar-refractivity contribution in [3.8, 4) is 22.9 Å². The normalized spacial score (nSPS) is 10.4. The summed E-state index contributed by atoms with van der Waals surface area (Å²) in [6, 6.07) is 20.0. The Morgan fingerprint density at radius 1 is 0.875 bits per heavy atom. The third-order valence-corrected chi connectivity index (χ3v) is 4.70. The Hall–Kier alpha value is -4.26. The lowest BCUT2D eigenvalue weighted by atomic mass is 10.2. The van der Waals surface area contributed by atoms with Crippen molar-refractivity contribution in [2.75, 3.05) is 10.6 Å². The first kappa shape index (κ1) is 21.0. The van der Waals surface area contributed by atoms with Gasteiger partial charge in [0, 0.05) is 30.2 Å². The second-order valence-corrected chi connectivity index (χ2v) is 7.14. The lowest BCUT2D eigenvalue weighted by Gasteiger charge is -2.11. The Morgan fingerprint density at radius 2 is 1.56 bits per heavy atom. The summed E-state index contributed by atoms with van der Waals surface area (Å²) in [6.45, 7) is 4.01. The van der Waals surface area contributed by atoms with Gasteiger partial charge in [0.2, 0.25) is 5.88 Å². The summed E-state index contributed by atoms with van der Waals surface area (Å²) < 4.78 is 6.00. The number of rotatable bonds is 6. The van der Waals surface area contributed by atoms with Crippen LogP contribution in [0.2, 0.25) is 0 Å². The molecule has 0 spiro atoms. The van der Waals surface area contributed by atoms with Crippen molar-refractivity contribution >= 4 is 17.4 Å². The Kier molecular flexibility index (Phi) is 6.36. The number of anilines is 2. The molecule has 2 heterocycles. The quantitative estimate of drug-likeness (QED) is 0.405. The number of nitrogens with zero attached hydrogens (tertiary/aromatic N) is 3. The second kappa shape index (κ2) is 9.70. The molecule has 2 N–H and O–H groups in total. The van der Waals surface area contributed by atoms with E-state index in [9.17, 15) is 4.79 Å². The number of urea groups is 1. The number of pyridine rings is 1. The van der Waals surface area contributed by atoms with Gasteiger partial charge in [-0.15, -0.1) is 0 Å². The molecule has 0 aliphatic heterocycles. The number of carbonyl (C=O) groups excluding carboxylic acids is 1. The first-order chi connectivity index (χ1) is 15.6. The average Bonchev–Trinajstić information content (AvgIpc) is 2.82. The van der Waals surface area contributed by atoms with Gasteiger partial charge < -0.3 is 15.4 Å². The number of ether oxygens (including phenoxy) is 1. The maximum Gasteiger partial charge on any atom is 0.323 e. The molecule has 0 saturated carbocycles. The van der Waals surface area contributed by atoms with Crippen LogP contribution in [0.15, 0.2) is 79.1 Å². The average molecular weight is 425 g/mol. The fourth-order valence-electron chi connectivity index (χ4n) is 3.03. The lowest BCUT2D eigenvalue weighted by Crippen LogP contribution is -2.19. The number of aryl methyl sites for hydroxylation is 2. The highest BCUT2D eigenvalue weighted by Crippen LogP contribution is 2.30. The second-order valence-electron chi connectivity index (χ2n) is 7.14. The summed E-state index contributed by atoms with van der Waals surface area (Å²) in [5.74, 6) is 1.81. The van der Waals surface area contributed by atoms with E-state index in [2.05, 4.69) is 25.6 Å². The van der Waals surface area contributed by atoms with Gasteiger partial charge in [-0.1, -0.05) is 24.6 Å². The largest absolute Gasteiger partial charge is 0.438 e. The number of nitrogens with one attached hydrogen (secondary N) is 2. The summed E-state index contributed by atoms with van der Waals surface area (Å²) in [5.41, 5.74) is 4.04. The summed E-state index contributed by atoms with van der Waals surface area (Å²) >= 11 is 0. The zero-order valence-corrected chi connectivity index (χ0v) is 17.9. The fourth-order valence-corrected chi connectivity index (χ4v) is 3.03. The SMILES string of the molecule is CCc1nccc(-c2cccnc2Oc2ccc(NC(=O)Nc3ccc(C)cc3)cc2)n1. The van der Waals surface area contributed by atoms with E-state index in [1.807, 2.05) is 56.3 Å². The van der Waals surface area contributed by atoms with Gasteiger partial charge in [0.15, 0.2) is 0 Å². The van der Waals surface area contributed by atoms with Gasteiger partial charge in [0.05, 0.1) is 11.3 Å². The van der Waals surface area contributed by atoms with E-state index in [-0.39, 0.29) is 6.03 Å². The molecule has 2 aromatic carbocycles. The molecule has 2 amide bonds. The molecule has 32 heavy (non-hydrogen) atoms. The first-order valence-electron chi connectivity index (χ1n) is 10.3. The van der Waals surface area contributed by atoms with E-state index in [0.717, 1.165) is 34.8 Å². The van der Waals surface area contributed by atoms with Crippen LogP contribution in [0.5, 0.6) is 11.6 Å². The maximum absolute atomic E-state index is 12.2. The van der Waals surface area contributed by atoms with Crippen molar-refractivity contribution in [3.63, 3.8) is 0 Å². The van der Waals surface area contributed by atoms with Crippen LogP contribution in [0.1, 0.15) is 18.3 Å². The molecule has 2 aromatic heterocycles. The van der Waals surface area contributed by atoms with Crippen LogP contribution in [0, 0.1) is 6.92 Å². The van der Waals surface area contributed by atoms with Gasteiger partial charge in [-0.25, -0.2) is 19.7 Å². The summed E-state index contributed by atoms with van der Waals surface area (Å²) in [5, 5.41) is 5.61. The molecule has 0 saturated heterocycles. The van der Waals surface area contributed by atoms with E-state index in [4.69, 9.17) is 4.74 Å². The Labute approximate surface area is 186 Å². The monoisotopic (exact) mass is 425 g/mol. The van der Waals surface area contributed by atoms with Crippen molar-refractivity contribution in [1.29, 1.82) is 0 Å². The molecule has 7 nitrogen and oxygen atoms in total. The molecule has 160 valence electrons. The number of carbonyl (C=O) groups is 1. The van der Waals surface area contributed by atoms with Crippen LogP contribution < -0.4 is 15.4 Å². The highest BCUT2D eigenvalue weighted by atomic mass is 16.5. The first-order valence-corrected chi connectivity index (χ1v) is 10.3. The van der Waals surface area contributed by atoms with Crippen LogP contribution in [-0.4, -0.2) is 21.0 Å². The molecule has 4 aromatic rings. The van der Waals surface area contributed by atoms with E-state index >= 15 is 0 Å². The molecule has 0 fully saturated rings. The molecule has 4 rings (SSSR count). The van der Waals surface area contributed by atoms with Gasteiger partial charge in [0.25, 0.3) is 0 Å². The molecule has 0 unspecified atom stereocenters. The highest BCUT2D eigenvalue weighted by Gasteiger charge is 2.11. The van der Waals surface area contributed by atoms with Gasteiger partial charge in [-0.3, -0.25) is 0 Å². The van der Waals surface area contributed by atoms with E-state index in [1.54, 1.807) is 36.7 Å². The van der Waals surface area contributed by atoms with Crippen LogP contribution >= 0.6 is 0 Å². The standard InChI is InChI=1S/C25H23N5O2/c1-3-23-26-16-14-22(30-23)21-5-4-15-27-24(21)32-20-12-10-19(11-13-20)29-25(31)28-18-8-6-17(2)7-9-18/h4-16H,3H2,1-2H3,(H2,28,29,31). The zero-order valence-electron chi connectivity index (χ0n) is 17.9. The van der Waals surface area contributed by atoms with Crippen molar-refractivity contribution in [2.45, 2.75) is 20.3 Å². The minimum Gasteiger partial charge on any atom is -0.438 e. The Bertz CT molecular complexity index is 1210. The Morgan fingerprint density at radius 3 is 2.25 bits per heavy atom. The van der Waals surface area contributed by atoms with Crippen molar-refractivity contribution in [2.24, 2.45) is 0 Å². The Balaban J connectivity index is 1.44. The molecule has 0 aliphatic carbocycles. The molecular formula is C25H23N5O2. The van der Waals surface area contributed by atoms with Crippen LogP contribution in [0.4, 0.5) is 16.2 Å². The molecule has 0 radical (unpaired) electrons. The minimum absolute atomic E-state index is 0.315. The topological polar surface area (TPSA) is 89.0 Å². The van der Waals surface area contributed by atoms with Crippen LogP contribution in [0.25, 0.3) is 11.3 Å².